The third-order valence-electron chi connectivity index (χ3n) is 1.70. The molecular weight excluding hydrogens is 174 g/mol. The van der Waals surface area contributed by atoms with Crippen LogP contribution in [0.5, 0.6) is 0 Å². The Balaban J connectivity index is 3.90. The highest BCUT2D eigenvalue weighted by Gasteiger charge is 2.13. The molecule has 0 aromatic rings. The van der Waals surface area contributed by atoms with Gasteiger partial charge in [0.05, 0.1) is 5.67 Å². The van der Waals surface area contributed by atoms with Crippen LogP contribution < -0.4 is 0 Å². The molecule has 0 rings (SSSR count). The van der Waals surface area contributed by atoms with Crippen LogP contribution in [0.2, 0.25) is 0 Å². The minimum absolute atomic E-state index is 0.0902. The summed E-state index contributed by atoms with van der Waals surface area (Å²) in [5.41, 5.74) is 0.0902. The van der Waals surface area contributed by atoms with Gasteiger partial charge >= 0.3 is 0 Å². The van der Waals surface area contributed by atoms with E-state index in [1.165, 1.54) is 0 Å². The average molecular weight is 189 g/mol. The van der Waals surface area contributed by atoms with Crippen molar-refractivity contribution in [1.82, 2.24) is 0 Å². The van der Waals surface area contributed by atoms with Crippen molar-refractivity contribution in [1.29, 1.82) is 0 Å². The first-order valence-corrected chi connectivity index (χ1v) is 5.54. The molecule has 0 fully saturated rings. The van der Waals surface area contributed by atoms with Crippen molar-refractivity contribution in [3.63, 3.8) is 0 Å². The van der Waals surface area contributed by atoms with Gasteiger partial charge in [0.25, 0.3) is 0 Å². The van der Waals surface area contributed by atoms with Crippen LogP contribution in [0.15, 0.2) is 4.99 Å². The van der Waals surface area contributed by atoms with Gasteiger partial charge in [-0.2, -0.15) is 0 Å². The van der Waals surface area contributed by atoms with E-state index in [2.05, 4.69) is 4.99 Å². The van der Waals surface area contributed by atoms with Gasteiger partial charge in [0, 0.05) is 14.2 Å². The molecule has 0 aliphatic heterocycles. The molecule has 0 bridgehead atoms. The van der Waals surface area contributed by atoms with E-state index in [9.17, 15) is 4.79 Å². The number of rotatable bonds is 6. The molecule has 0 aliphatic carbocycles. The van der Waals surface area contributed by atoms with Crippen LogP contribution in [0, 0.1) is 0 Å². The third-order valence-corrected chi connectivity index (χ3v) is 4.05. The molecule has 0 heterocycles. The van der Waals surface area contributed by atoms with Crippen LogP contribution in [-0.2, 0) is 14.3 Å². The number of aliphatic imine (C=N–C) groups is 1. The Bertz CT molecular complexity index is 155. The van der Waals surface area contributed by atoms with Gasteiger partial charge in [-0.1, -0.05) is 6.92 Å². The molecule has 12 heavy (non-hydrogen) atoms. The van der Waals surface area contributed by atoms with Gasteiger partial charge in [-0.3, -0.25) is 0 Å². The molecule has 0 saturated carbocycles. The van der Waals surface area contributed by atoms with E-state index >= 15 is 0 Å². The van der Waals surface area contributed by atoms with E-state index < -0.39 is 9.52 Å². The topological polar surface area (TPSA) is 47.9 Å². The lowest BCUT2D eigenvalue weighted by molar-refractivity contribution is -0.0447. The summed E-state index contributed by atoms with van der Waals surface area (Å²) in [6.07, 6.45) is 2.42. The molecule has 0 spiro atoms. The van der Waals surface area contributed by atoms with E-state index in [-0.39, 0.29) is 11.6 Å². The Morgan fingerprint density at radius 2 is 2.08 bits per heavy atom. The second-order valence-electron chi connectivity index (χ2n) is 2.42. The molecule has 0 radical (unpaired) electrons. The Hall–Kier alpha value is -0.483. The number of isocyanates is 1. The summed E-state index contributed by atoms with van der Waals surface area (Å²) in [6.45, 7) is 1.99. The minimum atomic E-state index is -0.645. The van der Waals surface area contributed by atoms with Crippen molar-refractivity contribution in [2.24, 2.45) is 4.99 Å². The van der Waals surface area contributed by atoms with E-state index in [1.54, 1.807) is 20.3 Å². The van der Waals surface area contributed by atoms with Gasteiger partial charge in [0.2, 0.25) is 6.08 Å². The van der Waals surface area contributed by atoms with Gasteiger partial charge in [-0.15, -0.1) is 0 Å². The monoisotopic (exact) mass is 189 g/mol. The fourth-order valence-corrected chi connectivity index (χ4v) is 2.24. The number of hydrogen-bond acceptors (Lipinski definition) is 4. The summed E-state index contributed by atoms with van der Waals surface area (Å²) < 4.78 is 10.1. The number of ether oxygens (including phenoxy) is 2. The molecule has 70 valence electrons. The highest BCUT2D eigenvalue weighted by atomic mass is 28.2. The standard InChI is InChI=1S/C7H15NO3Si/c1-4-6(8-5-9)12-7(10-2)11-3/h6-7H,4,12H2,1-3H3. The summed E-state index contributed by atoms with van der Waals surface area (Å²) in [5, 5.41) is 0. The Labute approximate surface area is 74.8 Å². The molecule has 0 aliphatic rings. The van der Waals surface area contributed by atoms with E-state index in [0.29, 0.717) is 0 Å². The zero-order valence-corrected chi connectivity index (χ0v) is 9.16. The fourth-order valence-electron chi connectivity index (χ4n) is 0.896. The molecule has 0 saturated heterocycles. The fraction of sp³-hybridized carbons (Fsp3) is 0.857. The number of methoxy groups -OCH3 is 2. The second kappa shape index (κ2) is 7.18. The first-order valence-electron chi connectivity index (χ1n) is 3.91. The number of hydrogen-bond donors (Lipinski definition) is 0. The van der Waals surface area contributed by atoms with Gasteiger partial charge < -0.3 is 9.47 Å². The van der Waals surface area contributed by atoms with Gasteiger partial charge in [0.15, 0.2) is 0 Å². The molecular formula is C7H15NO3Si. The number of nitrogens with zero attached hydrogens (tertiary/aromatic N) is 1. The predicted octanol–water partition coefficient (Wildman–Crippen LogP) is -0.197. The lowest BCUT2D eigenvalue weighted by Gasteiger charge is -2.15. The van der Waals surface area contributed by atoms with Crippen molar-refractivity contribution >= 4 is 15.6 Å². The predicted molar refractivity (Wildman–Crippen MR) is 48.6 cm³/mol. The largest absolute Gasteiger partial charge is 0.360 e. The SMILES string of the molecule is CCC(N=C=O)[SiH2]C(OC)OC. The lowest BCUT2D eigenvalue weighted by Crippen LogP contribution is -2.30. The first kappa shape index (κ1) is 11.5. The van der Waals surface area contributed by atoms with Crippen LogP contribution >= 0.6 is 0 Å². The quantitative estimate of drug-likeness (QED) is 0.252. The van der Waals surface area contributed by atoms with E-state index in [1.807, 2.05) is 6.92 Å². The Kier molecular flexibility index (Phi) is 6.89. The lowest BCUT2D eigenvalue weighted by atomic mass is 10.5. The van der Waals surface area contributed by atoms with Crippen LogP contribution in [0.25, 0.3) is 0 Å². The minimum Gasteiger partial charge on any atom is -0.360 e. The smallest absolute Gasteiger partial charge is 0.234 e. The zero-order chi connectivity index (χ0) is 9.40. The molecule has 1 unspecified atom stereocenters. The van der Waals surface area contributed by atoms with Gasteiger partial charge in [-0.05, 0) is 6.42 Å². The molecule has 0 amide bonds. The highest BCUT2D eigenvalue weighted by Crippen LogP contribution is 1.99. The zero-order valence-electron chi connectivity index (χ0n) is 7.74. The Morgan fingerprint density at radius 3 is 2.42 bits per heavy atom. The van der Waals surface area contributed by atoms with Crippen molar-refractivity contribution in [2.75, 3.05) is 14.2 Å². The maximum Gasteiger partial charge on any atom is 0.234 e. The van der Waals surface area contributed by atoms with E-state index in [0.717, 1.165) is 6.42 Å². The summed E-state index contributed by atoms with van der Waals surface area (Å²) in [6, 6.07) is 0. The highest BCUT2D eigenvalue weighted by molar-refractivity contribution is 6.39. The van der Waals surface area contributed by atoms with E-state index in [4.69, 9.17) is 9.47 Å². The second-order valence-corrected chi connectivity index (χ2v) is 4.50. The Morgan fingerprint density at radius 1 is 1.50 bits per heavy atom. The average Bonchev–Trinajstić information content (AvgIpc) is 2.12. The maximum absolute atomic E-state index is 9.98. The molecule has 0 aromatic heterocycles. The normalized spacial score (nSPS) is 13.7. The van der Waals surface area contributed by atoms with Crippen molar-refractivity contribution in [2.45, 2.75) is 24.9 Å². The van der Waals surface area contributed by atoms with Crippen LogP contribution in [-0.4, -0.2) is 41.4 Å². The number of carbonyl (C=O) groups excluding carboxylic acids is 1. The summed E-state index contributed by atoms with van der Waals surface area (Å²) in [7, 11) is 2.55. The summed E-state index contributed by atoms with van der Waals surface area (Å²) in [4.78, 5) is 13.7. The molecule has 0 N–H and O–H groups in total. The van der Waals surface area contributed by atoms with Crippen molar-refractivity contribution in [3.8, 4) is 0 Å². The first-order chi connectivity index (χ1) is 5.78. The van der Waals surface area contributed by atoms with Crippen molar-refractivity contribution < 1.29 is 14.3 Å². The van der Waals surface area contributed by atoms with Crippen LogP contribution in [0.1, 0.15) is 13.3 Å². The van der Waals surface area contributed by atoms with Crippen molar-refractivity contribution in [3.05, 3.63) is 0 Å². The third kappa shape index (κ3) is 4.41. The van der Waals surface area contributed by atoms with Gasteiger partial charge in [0.1, 0.15) is 15.4 Å². The maximum atomic E-state index is 9.98. The molecule has 1 atom stereocenters. The molecule has 0 aromatic carbocycles. The molecule has 5 heteroatoms. The molecule has 4 nitrogen and oxygen atoms in total. The van der Waals surface area contributed by atoms with Crippen LogP contribution in [0.3, 0.4) is 0 Å². The summed E-state index contributed by atoms with van der Waals surface area (Å²) >= 11 is 0. The van der Waals surface area contributed by atoms with Gasteiger partial charge in [-0.25, -0.2) is 9.79 Å². The van der Waals surface area contributed by atoms with Crippen LogP contribution in [0.4, 0.5) is 0 Å². The summed E-state index contributed by atoms with van der Waals surface area (Å²) in [5.74, 6) is -0.146.